The zero-order valence-corrected chi connectivity index (χ0v) is 11.0. The lowest BCUT2D eigenvalue weighted by Crippen LogP contribution is -2.12. The Morgan fingerprint density at radius 1 is 1.44 bits per heavy atom. The standard InChI is InChI=1S/C11H14O3S2/c1-3-14-10(13)6-9(12)7-15-11-5-4-8(2)16-11/h4-5H,3,6-7H2,1-2H3. The third kappa shape index (κ3) is 4.81. The fraction of sp³-hybridized carbons (Fsp3) is 0.455. The third-order valence-corrected chi connectivity index (χ3v) is 4.02. The average Bonchev–Trinajstić information content (AvgIpc) is 2.61. The van der Waals surface area contributed by atoms with Crippen molar-refractivity contribution in [3.05, 3.63) is 17.0 Å². The number of hydrogen-bond acceptors (Lipinski definition) is 5. The van der Waals surface area contributed by atoms with Gasteiger partial charge in [-0.1, -0.05) is 0 Å². The van der Waals surface area contributed by atoms with Crippen LogP contribution < -0.4 is 0 Å². The highest BCUT2D eigenvalue weighted by Crippen LogP contribution is 2.26. The molecular weight excluding hydrogens is 244 g/mol. The van der Waals surface area contributed by atoms with Crippen LogP contribution in [-0.4, -0.2) is 24.1 Å². The SMILES string of the molecule is CCOC(=O)CC(=O)CSc1ccc(C)s1. The van der Waals surface area contributed by atoms with Gasteiger partial charge in [-0.15, -0.1) is 23.1 Å². The molecule has 0 aromatic carbocycles. The van der Waals surface area contributed by atoms with Crippen LogP contribution in [0.25, 0.3) is 0 Å². The summed E-state index contributed by atoms with van der Waals surface area (Å²) in [5.74, 6) is -0.191. The summed E-state index contributed by atoms with van der Waals surface area (Å²) in [4.78, 5) is 23.6. The van der Waals surface area contributed by atoms with E-state index >= 15 is 0 Å². The quantitative estimate of drug-likeness (QED) is 0.447. The van der Waals surface area contributed by atoms with Crippen LogP contribution >= 0.6 is 23.1 Å². The van der Waals surface area contributed by atoms with Gasteiger partial charge in [0.05, 0.1) is 16.6 Å². The first-order chi connectivity index (χ1) is 7.61. The topological polar surface area (TPSA) is 43.4 Å². The van der Waals surface area contributed by atoms with E-state index in [-0.39, 0.29) is 12.2 Å². The zero-order chi connectivity index (χ0) is 12.0. The van der Waals surface area contributed by atoms with Crippen LogP contribution in [0.1, 0.15) is 18.2 Å². The van der Waals surface area contributed by atoms with E-state index in [1.807, 2.05) is 19.1 Å². The summed E-state index contributed by atoms with van der Waals surface area (Å²) in [6.07, 6.45) is -0.120. The number of hydrogen-bond donors (Lipinski definition) is 0. The van der Waals surface area contributed by atoms with E-state index in [9.17, 15) is 9.59 Å². The normalized spacial score (nSPS) is 10.1. The van der Waals surface area contributed by atoms with Crippen molar-refractivity contribution in [1.29, 1.82) is 0 Å². The second-order valence-electron chi connectivity index (χ2n) is 3.17. The molecular formula is C11H14O3S2. The molecule has 0 amide bonds. The van der Waals surface area contributed by atoms with Gasteiger partial charge in [-0.05, 0) is 26.0 Å². The first kappa shape index (κ1) is 13.3. The summed E-state index contributed by atoms with van der Waals surface area (Å²) < 4.78 is 5.81. The van der Waals surface area contributed by atoms with Crippen molar-refractivity contribution in [2.24, 2.45) is 0 Å². The number of Topliss-reactive ketones (excluding diaryl/α,β-unsaturated/α-hetero) is 1. The molecule has 0 N–H and O–H groups in total. The van der Waals surface area contributed by atoms with Crippen molar-refractivity contribution in [3.8, 4) is 0 Å². The first-order valence-electron chi connectivity index (χ1n) is 4.98. The second-order valence-corrected chi connectivity index (χ2v) is 5.74. The van der Waals surface area contributed by atoms with Crippen LogP contribution in [0, 0.1) is 6.92 Å². The lowest BCUT2D eigenvalue weighted by atomic mass is 10.3. The van der Waals surface area contributed by atoms with E-state index < -0.39 is 5.97 Å². The first-order valence-corrected chi connectivity index (χ1v) is 6.78. The molecule has 0 saturated heterocycles. The maximum atomic E-state index is 11.4. The molecule has 0 radical (unpaired) electrons. The minimum absolute atomic E-state index is 0.0884. The Morgan fingerprint density at radius 3 is 2.75 bits per heavy atom. The average molecular weight is 258 g/mol. The van der Waals surface area contributed by atoms with Crippen molar-refractivity contribution in [2.75, 3.05) is 12.4 Å². The molecule has 3 nitrogen and oxygen atoms in total. The predicted octanol–water partition coefficient (Wildman–Crippen LogP) is 2.67. The summed E-state index contributed by atoms with van der Waals surface area (Å²) in [6.45, 7) is 4.07. The molecule has 0 aliphatic rings. The number of thiophene rings is 1. The summed E-state index contributed by atoms with van der Waals surface area (Å²) in [7, 11) is 0. The largest absolute Gasteiger partial charge is 0.466 e. The molecule has 0 aliphatic heterocycles. The highest BCUT2D eigenvalue weighted by molar-refractivity contribution is 8.01. The summed E-state index contributed by atoms with van der Waals surface area (Å²) in [6, 6.07) is 4.01. The van der Waals surface area contributed by atoms with E-state index in [1.165, 1.54) is 16.6 Å². The molecule has 0 saturated carbocycles. The highest BCUT2D eigenvalue weighted by atomic mass is 32.2. The molecule has 0 aliphatic carbocycles. The number of ether oxygens (including phenoxy) is 1. The predicted molar refractivity (Wildman–Crippen MR) is 66.0 cm³/mol. The number of rotatable bonds is 6. The Bertz CT molecular complexity index is 371. The van der Waals surface area contributed by atoms with Crippen molar-refractivity contribution < 1.29 is 14.3 Å². The molecule has 0 atom stereocenters. The zero-order valence-electron chi connectivity index (χ0n) is 9.32. The van der Waals surface area contributed by atoms with Crippen LogP contribution in [-0.2, 0) is 14.3 Å². The smallest absolute Gasteiger partial charge is 0.313 e. The van der Waals surface area contributed by atoms with Crippen LogP contribution in [0.4, 0.5) is 0 Å². The van der Waals surface area contributed by atoms with E-state index in [1.54, 1.807) is 18.3 Å². The molecule has 0 fully saturated rings. The van der Waals surface area contributed by atoms with Crippen molar-refractivity contribution in [2.45, 2.75) is 24.5 Å². The summed E-state index contributed by atoms with van der Waals surface area (Å²) >= 11 is 3.12. The van der Waals surface area contributed by atoms with Gasteiger partial charge in [-0.2, -0.15) is 0 Å². The van der Waals surface area contributed by atoms with Gasteiger partial charge in [0.2, 0.25) is 0 Å². The fourth-order valence-corrected chi connectivity index (χ4v) is 3.03. The lowest BCUT2D eigenvalue weighted by molar-refractivity contribution is -0.145. The van der Waals surface area contributed by atoms with Gasteiger partial charge in [0.15, 0.2) is 5.78 Å². The number of aryl methyl sites for hydroxylation is 1. The van der Waals surface area contributed by atoms with Gasteiger partial charge in [0, 0.05) is 4.88 Å². The van der Waals surface area contributed by atoms with Crippen molar-refractivity contribution >= 4 is 34.9 Å². The minimum atomic E-state index is -0.435. The van der Waals surface area contributed by atoms with E-state index in [0.717, 1.165) is 4.21 Å². The molecule has 0 spiro atoms. The van der Waals surface area contributed by atoms with Gasteiger partial charge in [-0.25, -0.2) is 0 Å². The van der Waals surface area contributed by atoms with Crippen molar-refractivity contribution in [1.82, 2.24) is 0 Å². The number of carbonyl (C=O) groups excluding carboxylic acids is 2. The summed E-state index contributed by atoms with van der Waals surface area (Å²) in [5.41, 5.74) is 0. The van der Waals surface area contributed by atoms with Crippen molar-refractivity contribution in [3.63, 3.8) is 0 Å². The Labute approximate surface area is 103 Å². The summed E-state index contributed by atoms with van der Waals surface area (Å²) in [5, 5.41) is 0. The Morgan fingerprint density at radius 2 is 2.19 bits per heavy atom. The lowest BCUT2D eigenvalue weighted by Gasteiger charge is -2.00. The van der Waals surface area contributed by atoms with E-state index in [4.69, 9.17) is 4.74 Å². The maximum Gasteiger partial charge on any atom is 0.313 e. The number of ketones is 1. The Balaban J connectivity index is 2.27. The highest BCUT2D eigenvalue weighted by Gasteiger charge is 2.10. The Hall–Kier alpha value is -0.810. The van der Waals surface area contributed by atoms with Crippen LogP contribution in [0.15, 0.2) is 16.3 Å². The maximum absolute atomic E-state index is 11.4. The monoisotopic (exact) mass is 258 g/mol. The van der Waals surface area contributed by atoms with Gasteiger partial charge >= 0.3 is 5.97 Å². The van der Waals surface area contributed by atoms with Crippen LogP contribution in [0.2, 0.25) is 0 Å². The number of thioether (sulfide) groups is 1. The van der Waals surface area contributed by atoms with Gasteiger partial charge in [0.1, 0.15) is 6.42 Å². The van der Waals surface area contributed by atoms with Gasteiger partial charge in [-0.3, -0.25) is 9.59 Å². The molecule has 1 aromatic heterocycles. The van der Waals surface area contributed by atoms with Gasteiger partial charge in [0.25, 0.3) is 0 Å². The molecule has 88 valence electrons. The van der Waals surface area contributed by atoms with E-state index in [0.29, 0.717) is 12.4 Å². The van der Waals surface area contributed by atoms with Crippen LogP contribution in [0.5, 0.6) is 0 Å². The third-order valence-electron chi connectivity index (χ3n) is 1.74. The minimum Gasteiger partial charge on any atom is -0.466 e. The molecule has 0 unspecified atom stereocenters. The molecule has 1 heterocycles. The molecule has 5 heteroatoms. The number of carbonyl (C=O) groups is 2. The number of esters is 1. The van der Waals surface area contributed by atoms with E-state index in [2.05, 4.69) is 0 Å². The van der Waals surface area contributed by atoms with Crippen LogP contribution in [0.3, 0.4) is 0 Å². The second kappa shape index (κ2) is 6.70. The molecule has 1 rings (SSSR count). The molecule has 16 heavy (non-hydrogen) atoms. The molecule has 0 bridgehead atoms. The fourth-order valence-electron chi connectivity index (χ4n) is 1.07. The van der Waals surface area contributed by atoms with Gasteiger partial charge < -0.3 is 4.74 Å². The molecule has 1 aromatic rings. The Kier molecular flexibility index (Phi) is 5.55.